The van der Waals surface area contributed by atoms with Crippen LogP contribution in [-0.2, 0) is 0 Å². The molecule has 0 saturated carbocycles. The predicted octanol–water partition coefficient (Wildman–Crippen LogP) is 3.98. The second-order valence-corrected chi connectivity index (χ2v) is 3.25. The smallest absolute Gasteiger partial charge is 0.125 e. The normalized spacial score (nSPS) is 8.93. The minimum atomic E-state index is -0.180. The number of anilines is 1. The summed E-state index contributed by atoms with van der Waals surface area (Å²) in [5, 5.41) is 3.05. The van der Waals surface area contributed by atoms with Crippen LogP contribution in [0.2, 0.25) is 0 Å². The van der Waals surface area contributed by atoms with E-state index in [-0.39, 0.29) is 5.82 Å². The molecule has 0 radical (unpaired) electrons. The maximum atomic E-state index is 12.7. The summed E-state index contributed by atoms with van der Waals surface area (Å²) in [6.45, 7) is 8.94. The molecule has 0 spiro atoms. The zero-order chi connectivity index (χ0) is 11.0. The molecule has 0 bridgehead atoms. The molecular formula is C12H20FN. The molecule has 1 rings (SSSR count). The van der Waals surface area contributed by atoms with E-state index in [2.05, 4.69) is 19.2 Å². The van der Waals surface area contributed by atoms with Crippen molar-refractivity contribution in [1.29, 1.82) is 0 Å². The Morgan fingerprint density at radius 3 is 2.14 bits per heavy atom. The van der Waals surface area contributed by atoms with E-state index in [1.807, 2.05) is 19.9 Å². The van der Waals surface area contributed by atoms with Crippen molar-refractivity contribution < 1.29 is 4.39 Å². The van der Waals surface area contributed by atoms with Gasteiger partial charge in [-0.25, -0.2) is 4.39 Å². The van der Waals surface area contributed by atoms with Crippen LogP contribution in [-0.4, -0.2) is 6.54 Å². The molecule has 0 aliphatic rings. The third kappa shape index (κ3) is 5.57. The molecule has 0 aliphatic heterocycles. The Morgan fingerprint density at radius 2 is 1.71 bits per heavy atom. The van der Waals surface area contributed by atoms with E-state index in [4.69, 9.17) is 0 Å². The Hall–Kier alpha value is -1.05. The van der Waals surface area contributed by atoms with E-state index < -0.39 is 0 Å². The minimum Gasteiger partial charge on any atom is -0.385 e. The molecule has 80 valence electrons. The van der Waals surface area contributed by atoms with Gasteiger partial charge in [-0.2, -0.15) is 0 Å². The molecule has 0 unspecified atom stereocenters. The van der Waals surface area contributed by atoms with Crippen LogP contribution in [0.25, 0.3) is 0 Å². The Morgan fingerprint density at radius 1 is 1.14 bits per heavy atom. The molecule has 0 fully saturated rings. The number of aryl methyl sites for hydroxylation is 1. The summed E-state index contributed by atoms with van der Waals surface area (Å²) in [7, 11) is 0. The number of hydrogen-bond acceptors (Lipinski definition) is 1. The standard InChI is InChI=1S/C9H12FN.C3H8/c1-3-11-9-5-7(2)4-8(10)6-9;1-3-2/h4-6,11H,3H2,1-2H3;3H2,1-2H3. The largest absolute Gasteiger partial charge is 0.385 e. The number of nitrogens with one attached hydrogen (secondary N) is 1. The Bertz CT molecular complexity index is 238. The topological polar surface area (TPSA) is 12.0 Å². The van der Waals surface area contributed by atoms with Gasteiger partial charge in [0.25, 0.3) is 0 Å². The SMILES string of the molecule is CCC.CCNc1cc(C)cc(F)c1. The fourth-order valence-electron chi connectivity index (χ4n) is 1.04. The van der Waals surface area contributed by atoms with Crippen molar-refractivity contribution in [2.24, 2.45) is 0 Å². The third-order valence-corrected chi connectivity index (χ3v) is 1.42. The quantitative estimate of drug-likeness (QED) is 0.756. The molecule has 0 amide bonds. The third-order valence-electron chi connectivity index (χ3n) is 1.42. The molecule has 1 aromatic carbocycles. The van der Waals surface area contributed by atoms with Crippen LogP contribution >= 0.6 is 0 Å². The van der Waals surface area contributed by atoms with Crippen LogP contribution in [0.5, 0.6) is 0 Å². The number of hydrogen-bond donors (Lipinski definition) is 1. The number of rotatable bonds is 2. The highest BCUT2D eigenvalue weighted by Crippen LogP contribution is 2.12. The fraction of sp³-hybridized carbons (Fsp3) is 0.500. The summed E-state index contributed by atoms with van der Waals surface area (Å²) in [6.07, 6.45) is 1.25. The molecule has 0 aromatic heterocycles. The van der Waals surface area contributed by atoms with Crippen LogP contribution in [0.1, 0.15) is 32.8 Å². The van der Waals surface area contributed by atoms with Gasteiger partial charge in [0.1, 0.15) is 5.82 Å². The van der Waals surface area contributed by atoms with Gasteiger partial charge >= 0.3 is 0 Å². The lowest BCUT2D eigenvalue weighted by Gasteiger charge is -2.03. The summed E-state index contributed by atoms with van der Waals surface area (Å²) in [5.41, 5.74) is 1.80. The van der Waals surface area contributed by atoms with Gasteiger partial charge in [-0.05, 0) is 37.6 Å². The maximum Gasteiger partial charge on any atom is 0.125 e. The Labute approximate surface area is 86.3 Å². The van der Waals surface area contributed by atoms with Crippen molar-refractivity contribution in [2.75, 3.05) is 11.9 Å². The highest BCUT2D eigenvalue weighted by atomic mass is 19.1. The average Bonchev–Trinajstić information content (AvgIpc) is 2.03. The highest BCUT2D eigenvalue weighted by Gasteiger charge is 1.94. The summed E-state index contributed by atoms with van der Waals surface area (Å²) in [5.74, 6) is -0.180. The first-order valence-corrected chi connectivity index (χ1v) is 5.15. The molecule has 0 atom stereocenters. The molecule has 14 heavy (non-hydrogen) atoms. The minimum absolute atomic E-state index is 0.180. The molecule has 2 heteroatoms. The first-order valence-electron chi connectivity index (χ1n) is 5.15. The summed E-state index contributed by atoms with van der Waals surface area (Å²) in [6, 6.07) is 4.93. The Balaban J connectivity index is 0.000000500. The van der Waals surface area contributed by atoms with Crippen LogP contribution in [0.3, 0.4) is 0 Å². The lowest BCUT2D eigenvalue weighted by Crippen LogP contribution is -1.96. The zero-order valence-corrected chi connectivity index (χ0v) is 9.52. The van der Waals surface area contributed by atoms with E-state index in [0.717, 1.165) is 17.8 Å². The lowest BCUT2D eigenvalue weighted by atomic mass is 10.2. The van der Waals surface area contributed by atoms with Crippen LogP contribution in [0.15, 0.2) is 18.2 Å². The van der Waals surface area contributed by atoms with Crippen LogP contribution in [0.4, 0.5) is 10.1 Å². The van der Waals surface area contributed by atoms with Gasteiger partial charge in [-0.3, -0.25) is 0 Å². The number of benzene rings is 1. The summed E-state index contributed by atoms with van der Waals surface area (Å²) in [4.78, 5) is 0. The molecule has 0 aliphatic carbocycles. The maximum absolute atomic E-state index is 12.7. The van der Waals surface area contributed by atoms with Gasteiger partial charge < -0.3 is 5.32 Å². The van der Waals surface area contributed by atoms with Gasteiger partial charge in [0.15, 0.2) is 0 Å². The van der Waals surface area contributed by atoms with E-state index in [9.17, 15) is 4.39 Å². The first-order chi connectivity index (χ1) is 6.63. The van der Waals surface area contributed by atoms with Crippen molar-refractivity contribution in [3.63, 3.8) is 0 Å². The van der Waals surface area contributed by atoms with Gasteiger partial charge in [0, 0.05) is 12.2 Å². The summed E-state index contributed by atoms with van der Waals surface area (Å²) >= 11 is 0. The van der Waals surface area contributed by atoms with Crippen molar-refractivity contribution in [1.82, 2.24) is 0 Å². The van der Waals surface area contributed by atoms with E-state index in [0.29, 0.717) is 0 Å². The van der Waals surface area contributed by atoms with E-state index in [1.54, 1.807) is 0 Å². The fourth-order valence-corrected chi connectivity index (χ4v) is 1.04. The van der Waals surface area contributed by atoms with Crippen LogP contribution in [0, 0.1) is 12.7 Å². The highest BCUT2D eigenvalue weighted by molar-refractivity contribution is 5.45. The zero-order valence-electron chi connectivity index (χ0n) is 9.52. The molecule has 1 nitrogen and oxygen atoms in total. The van der Waals surface area contributed by atoms with Crippen molar-refractivity contribution in [3.05, 3.63) is 29.6 Å². The van der Waals surface area contributed by atoms with E-state index >= 15 is 0 Å². The van der Waals surface area contributed by atoms with Gasteiger partial charge in [-0.15, -0.1) is 0 Å². The van der Waals surface area contributed by atoms with Crippen LogP contribution < -0.4 is 5.32 Å². The molecule has 1 N–H and O–H groups in total. The van der Waals surface area contributed by atoms with Gasteiger partial charge in [0.2, 0.25) is 0 Å². The first kappa shape index (κ1) is 12.9. The van der Waals surface area contributed by atoms with Crippen molar-refractivity contribution in [2.45, 2.75) is 34.1 Å². The molecule has 0 heterocycles. The monoisotopic (exact) mass is 197 g/mol. The number of halogens is 1. The average molecular weight is 197 g/mol. The second-order valence-electron chi connectivity index (χ2n) is 3.25. The van der Waals surface area contributed by atoms with Gasteiger partial charge in [0.05, 0.1) is 0 Å². The second kappa shape index (κ2) is 7.36. The Kier molecular flexibility index (Phi) is 6.81. The predicted molar refractivity (Wildman–Crippen MR) is 61.3 cm³/mol. The summed E-state index contributed by atoms with van der Waals surface area (Å²) < 4.78 is 12.7. The lowest BCUT2D eigenvalue weighted by molar-refractivity contribution is 0.627. The van der Waals surface area contributed by atoms with Gasteiger partial charge in [-0.1, -0.05) is 20.3 Å². The molecule has 0 saturated heterocycles. The molecular weight excluding hydrogens is 177 g/mol. The van der Waals surface area contributed by atoms with E-state index in [1.165, 1.54) is 18.6 Å². The van der Waals surface area contributed by atoms with Crippen molar-refractivity contribution >= 4 is 5.69 Å². The van der Waals surface area contributed by atoms with Crippen molar-refractivity contribution in [3.8, 4) is 0 Å². The molecule has 1 aromatic rings.